The standard InChI is InChI=1S/C22H31N3O3S/c26-14-10-24-19-2-1-3-21(18-19)28-16-17-29-22-6-4-20(5-7-22)27-15-13-25-11-8-23-9-12-25/h1-7,18,23-24,26H,8-17H2. The summed E-state index contributed by atoms with van der Waals surface area (Å²) in [6.07, 6.45) is 0. The third-order valence-corrected chi connectivity index (χ3v) is 5.58. The van der Waals surface area contributed by atoms with Crippen LogP contribution < -0.4 is 20.1 Å². The molecule has 29 heavy (non-hydrogen) atoms. The summed E-state index contributed by atoms with van der Waals surface area (Å²) in [6, 6.07) is 16.1. The molecule has 1 fully saturated rings. The zero-order chi connectivity index (χ0) is 20.2. The van der Waals surface area contributed by atoms with Crippen molar-refractivity contribution in [3.05, 3.63) is 48.5 Å². The Balaban J connectivity index is 1.31. The zero-order valence-corrected chi connectivity index (χ0v) is 17.6. The van der Waals surface area contributed by atoms with E-state index in [1.165, 1.54) is 4.90 Å². The van der Waals surface area contributed by atoms with Gasteiger partial charge in [-0.1, -0.05) is 6.07 Å². The molecule has 1 aliphatic rings. The summed E-state index contributed by atoms with van der Waals surface area (Å²) in [5.74, 6) is 2.63. The van der Waals surface area contributed by atoms with Crippen LogP contribution in [0.25, 0.3) is 0 Å². The quantitative estimate of drug-likeness (QED) is 0.362. The molecule has 3 rings (SSSR count). The largest absolute Gasteiger partial charge is 0.493 e. The molecule has 0 radical (unpaired) electrons. The first-order chi connectivity index (χ1) is 14.3. The minimum atomic E-state index is 0.113. The van der Waals surface area contributed by atoms with Gasteiger partial charge in [-0.25, -0.2) is 0 Å². The number of benzene rings is 2. The summed E-state index contributed by atoms with van der Waals surface area (Å²) in [6.45, 7) is 7.34. The van der Waals surface area contributed by atoms with Gasteiger partial charge in [0.2, 0.25) is 0 Å². The van der Waals surface area contributed by atoms with Gasteiger partial charge in [0.1, 0.15) is 18.1 Å². The van der Waals surface area contributed by atoms with E-state index in [4.69, 9.17) is 14.6 Å². The summed E-state index contributed by atoms with van der Waals surface area (Å²) in [5.41, 5.74) is 0.955. The van der Waals surface area contributed by atoms with Crippen LogP contribution in [-0.2, 0) is 0 Å². The van der Waals surface area contributed by atoms with Gasteiger partial charge in [-0.2, -0.15) is 0 Å². The number of thioether (sulfide) groups is 1. The zero-order valence-electron chi connectivity index (χ0n) is 16.8. The van der Waals surface area contributed by atoms with Crippen LogP contribution in [0.15, 0.2) is 53.4 Å². The highest BCUT2D eigenvalue weighted by Gasteiger charge is 2.08. The maximum absolute atomic E-state index is 8.88. The molecule has 0 atom stereocenters. The van der Waals surface area contributed by atoms with Crippen LogP contribution in [0.2, 0.25) is 0 Å². The fraction of sp³-hybridized carbons (Fsp3) is 0.455. The van der Waals surface area contributed by atoms with Gasteiger partial charge in [-0.3, -0.25) is 4.90 Å². The summed E-state index contributed by atoms with van der Waals surface area (Å²) in [4.78, 5) is 3.64. The van der Waals surface area contributed by atoms with E-state index in [1.807, 2.05) is 36.4 Å². The summed E-state index contributed by atoms with van der Waals surface area (Å²) >= 11 is 1.77. The Morgan fingerprint density at radius 3 is 2.59 bits per heavy atom. The lowest BCUT2D eigenvalue weighted by Gasteiger charge is -2.26. The molecule has 2 aromatic carbocycles. The molecule has 158 valence electrons. The van der Waals surface area contributed by atoms with E-state index in [-0.39, 0.29) is 6.61 Å². The van der Waals surface area contributed by atoms with Gasteiger partial charge >= 0.3 is 0 Å². The molecule has 0 spiro atoms. The average molecular weight is 418 g/mol. The summed E-state index contributed by atoms with van der Waals surface area (Å²) in [5, 5.41) is 15.4. The first kappa shape index (κ1) is 21.8. The number of aliphatic hydroxyl groups is 1. The van der Waals surface area contributed by atoms with E-state index in [1.54, 1.807) is 11.8 Å². The van der Waals surface area contributed by atoms with Gasteiger partial charge in [0.15, 0.2) is 0 Å². The highest BCUT2D eigenvalue weighted by atomic mass is 32.2. The highest BCUT2D eigenvalue weighted by Crippen LogP contribution is 2.22. The number of nitrogens with zero attached hydrogens (tertiary/aromatic N) is 1. The molecule has 7 heteroatoms. The number of nitrogens with one attached hydrogen (secondary N) is 2. The molecule has 1 heterocycles. The van der Waals surface area contributed by atoms with E-state index in [0.29, 0.717) is 13.2 Å². The van der Waals surface area contributed by atoms with Gasteiger partial charge in [0.25, 0.3) is 0 Å². The van der Waals surface area contributed by atoms with Crippen LogP contribution in [0.4, 0.5) is 5.69 Å². The van der Waals surface area contributed by atoms with Crippen molar-refractivity contribution in [2.24, 2.45) is 0 Å². The Morgan fingerprint density at radius 2 is 1.79 bits per heavy atom. The van der Waals surface area contributed by atoms with Crippen LogP contribution in [0.1, 0.15) is 0 Å². The van der Waals surface area contributed by atoms with E-state index in [0.717, 1.165) is 62.3 Å². The van der Waals surface area contributed by atoms with Crippen molar-refractivity contribution in [1.82, 2.24) is 10.2 Å². The number of anilines is 1. The van der Waals surface area contributed by atoms with Gasteiger partial charge < -0.3 is 25.2 Å². The number of piperazine rings is 1. The monoisotopic (exact) mass is 417 g/mol. The lowest BCUT2D eigenvalue weighted by Crippen LogP contribution is -2.44. The van der Waals surface area contributed by atoms with Gasteiger partial charge in [0.05, 0.1) is 13.2 Å². The molecule has 0 unspecified atom stereocenters. The molecule has 6 nitrogen and oxygen atoms in total. The molecule has 3 N–H and O–H groups in total. The minimum Gasteiger partial charge on any atom is -0.493 e. The van der Waals surface area contributed by atoms with Crippen molar-refractivity contribution >= 4 is 17.4 Å². The van der Waals surface area contributed by atoms with E-state index >= 15 is 0 Å². The lowest BCUT2D eigenvalue weighted by atomic mass is 10.3. The summed E-state index contributed by atoms with van der Waals surface area (Å²) in [7, 11) is 0. The topological polar surface area (TPSA) is 66.0 Å². The van der Waals surface area contributed by atoms with Gasteiger partial charge in [0, 0.05) is 61.7 Å². The van der Waals surface area contributed by atoms with E-state index in [2.05, 4.69) is 27.7 Å². The fourth-order valence-electron chi connectivity index (χ4n) is 3.07. The Labute approximate surface area is 177 Å². The van der Waals surface area contributed by atoms with Crippen molar-refractivity contribution < 1.29 is 14.6 Å². The second-order valence-corrected chi connectivity index (χ2v) is 7.95. The van der Waals surface area contributed by atoms with Crippen LogP contribution in [0.3, 0.4) is 0 Å². The minimum absolute atomic E-state index is 0.113. The first-order valence-corrected chi connectivity index (χ1v) is 11.2. The van der Waals surface area contributed by atoms with Crippen LogP contribution in [0, 0.1) is 0 Å². The fourth-order valence-corrected chi connectivity index (χ4v) is 3.81. The Bertz CT molecular complexity index is 709. The van der Waals surface area contributed by atoms with E-state index < -0.39 is 0 Å². The molecule has 1 aliphatic heterocycles. The third-order valence-electron chi connectivity index (χ3n) is 4.61. The number of hydrogen-bond acceptors (Lipinski definition) is 7. The molecular formula is C22H31N3O3S. The number of aliphatic hydroxyl groups excluding tert-OH is 1. The number of rotatable bonds is 12. The smallest absolute Gasteiger partial charge is 0.121 e. The van der Waals surface area contributed by atoms with Crippen LogP contribution in [0.5, 0.6) is 11.5 Å². The SMILES string of the molecule is OCCNc1cccc(OCCSc2ccc(OCCN3CCNCC3)cc2)c1. The van der Waals surface area contributed by atoms with Crippen molar-refractivity contribution in [2.75, 3.05) is 70.2 Å². The second kappa shape index (κ2) is 12.6. The molecule has 2 aromatic rings. The highest BCUT2D eigenvalue weighted by molar-refractivity contribution is 7.99. The molecule has 0 aliphatic carbocycles. The van der Waals surface area contributed by atoms with Crippen molar-refractivity contribution in [3.63, 3.8) is 0 Å². The Morgan fingerprint density at radius 1 is 1.00 bits per heavy atom. The van der Waals surface area contributed by atoms with Crippen molar-refractivity contribution in [2.45, 2.75) is 4.90 Å². The van der Waals surface area contributed by atoms with Crippen molar-refractivity contribution in [1.29, 1.82) is 0 Å². The van der Waals surface area contributed by atoms with Gasteiger partial charge in [-0.05, 0) is 36.4 Å². The molecule has 1 saturated heterocycles. The lowest BCUT2D eigenvalue weighted by molar-refractivity contribution is 0.191. The molecule has 0 saturated carbocycles. The predicted octanol–water partition coefficient (Wildman–Crippen LogP) is 2.55. The maximum atomic E-state index is 8.88. The van der Waals surface area contributed by atoms with Gasteiger partial charge in [-0.15, -0.1) is 11.8 Å². The average Bonchev–Trinajstić information content (AvgIpc) is 2.77. The molecular weight excluding hydrogens is 386 g/mol. The Kier molecular flexibility index (Phi) is 9.45. The third kappa shape index (κ3) is 8.14. The van der Waals surface area contributed by atoms with Crippen LogP contribution >= 0.6 is 11.8 Å². The van der Waals surface area contributed by atoms with Crippen molar-refractivity contribution in [3.8, 4) is 11.5 Å². The molecule has 0 aromatic heterocycles. The van der Waals surface area contributed by atoms with Crippen LogP contribution in [-0.4, -0.2) is 74.8 Å². The first-order valence-electron chi connectivity index (χ1n) is 10.2. The normalized spacial score (nSPS) is 14.5. The number of ether oxygens (including phenoxy) is 2. The number of hydrogen-bond donors (Lipinski definition) is 3. The summed E-state index contributed by atoms with van der Waals surface area (Å²) < 4.78 is 11.7. The predicted molar refractivity (Wildman–Crippen MR) is 119 cm³/mol. The maximum Gasteiger partial charge on any atom is 0.121 e. The second-order valence-electron chi connectivity index (χ2n) is 6.79. The van der Waals surface area contributed by atoms with E-state index in [9.17, 15) is 0 Å². The Hall–Kier alpha value is -1.93. The molecule has 0 bridgehead atoms. The molecule has 0 amide bonds.